The fraction of sp³-hybridized carbons (Fsp3) is 0.222. The van der Waals surface area contributed by atoms with Gasteiger partial charge in [0.1, 0.15) is 11.5 Å². The van der Waals surface area contributed by atoms with Crippen molar-refractivity contribution in [1.29, 1.82) is 0 Å². The fourth-order valence-corrected chi connectivity index (χ4v) is 2.21. The van der Waals surface area contributed by atoms with Crippen LogP contribution in [-0.2, 0) is 9.53 Å². The molecule has 22 heavy (non-hydrogen) atoms. The van der Waals surface area contributed by atoms with E-state index in [-0.39, 0.29) is 5.70 Å². The van der Waals surface area contributed by atoms with Gasteiger partial charge in [0.2, 0.25) is 5.90 Å². The molecule has 1 aromatic carbocycles. The largest absolute Gasteiger partial charge is 0.462 e. The molecule has 0 saturated carbocycles. The minimum Gasteiger partial charge on any atom is -0.462 e. The van der Waals surface area contributed by atoms with Gasteiger partial charge in [0.25, 0.3) is 0 Å². The highest BCUT2D eigenvalue weighted by molar-refractivity contribution is 6.12. The predicted octanol–water partition coefficient (Wildman–Crippen LogP) is 4.06. The SMILES string of the molecule is Cc1ccc(/C=C2\N=C(c3ccc(C(C)C)cc3)OC2=O)o1. The maximum Gasteiger partial charge on any atom is 0.363 e. The van der Waals surface area contributed by atoms with Crippen molar-refractivity contribution >= 4 is 17.9 Å². The van der Waals surface area contributed by atoms with E-state index < -0.39 is 5.97 Å². The quantitative estimate of drug-likeness (QED) is 0.634. The van der Waals surface area contributed by atoms with Crippen molar-refractivity contribution in [3.05, 3.63) is 64.7 Å². The zero-order valence-electron chi connectivity index (χ0n) is 12.8. The number of rotatable bonds is 3. The number of hydrogen-bond donors (Lipinski definition) is 0. The summed E-state index contributed by atoms with van der Waals surface area (Å²) < 4.78 is 10.7. The van der Waals surface area contributed by atoms with Gasteiger partial charge in [-0.15, -0.1) is 0 Å². The van der Waals surface area contributed by atoms with E-state index in [0.29, 0.717) is 17.6 Å². The van der Waals surface area contributed by atoms with Crippen LogP contribution in [-0.4, -0.2) is 11.9 Å². The first-order valence-electron chi connectivity index (χ1n) is 7.22. The number of esters is 1. The second-order valence-corrected chi connectivity index (χ2v) is 5.56. The third-order valence-electron chi connectivity index (χ3n) is 3.48. The lowest BCUT2D eigenvalue weighted by Gasteiger charge is -2.05. The molecule has 1 aliphatic rings. The van der Waals surface area contributed by atoms with E-state index in [1.54, 1.807) is 12.1 Å². The van der Waals surface area contributed by atoms with Gasteiger partial charge in [0, 0.05) is 11.6 Å². The highest BCUT2D eigenvalue weighted by atomic mass is 16.6. The molecule has 1 aromatic heterocycles. The first kappa shape index (κ1) is 14.3. The molecule has 0 atom stereocenters. The van der Waals surface area contributed by atoms with Gasteiger partial charge in [0.05, 0.1) is 0 Å². The lowest BCUT2D eigenvalue weighted by molar-refractivity contribution is -0.129. The van der Waals surface area contributed by atoms with Crippen molar-refractivity contribution in [3.63, 3.8) is 0 Å². The normalized spacial score (nSPS) is 16.3. The van der Waals surface area contributed by atoms with Crippen molar-refractivity contribution < 1.29 is 13.9 Å². The molecule has 0 N–H and O–H groups in total. The fourth-order valence-electron chi connectivity index (χ4n) is 2.21. The average Bonchev–Trinajstić information content (AvgIpc) is 3.06. The van der Waals surface area contributed by atoms with E-state index in [2.05, 4.69) is 18.8 Å². The summed E-state index contributed by atoms with van der Waals surface area (Å²) in [6.07, 6.45) is 1.59. The zero-order chi connectivity index (χ0) is 15.7. The molecule has 0 aliphatic carbocycles. The summed E-state index contributed by atoms with van der Waals surface area (Å²) in [5, 5.41) is 0. The number of carbonyl (C=O) groups excluding carboxylic acids is 1. The molecule has 2 aromatic rings. The molecule has 0 fully saturated rings. The van der Waals surface area contributed by atoms with Crippen LogP contribution in [0.5, 0.6) is 0 Å². The number of aryl methyl sites for hydroxylation is 1. The van der Waals surface area contributed by atoms with Crippen LogP contribution in [0.3, 0.4) is 0 Å². The first-order valence-corrected chi connectivity index (χ1v) is 7.22. The van der Waals surface area contributed by atoms with Crippen molar-refractivity contribution in [2.75, 3.05) is 0 Å². The number of nitrogens with zero attached hydrogens (tertiary/aromatic N) is 1. The first-order chi connectivity index (χ1) is 10.5. The molecule has 1 aliphatic heterocycles. The Morgan fingerprint density at radius 1 is 1.09 bits per heavy atom. The summed E-state index contributed by atoms with van der Waals surface area (Å²) in [4.78, 5) is 16.2. The third-order valence-corrected chi connectivity index (χ3v) is 3.48. The summed E-state index contributed by atoms with van der Waals surface area (Å²) in [5.41, 5.74) is 2.27. The molecule has 0 spiro atoms. The van der Waals surface area contributed by atoms with E-state index in [9.17, 15) is 4.79 Å². The summed E-state index contributed by atoms with van der Waals surface area (Å²) in [6, 6.07) is 11.5. The second kappa shape index (κ2) is 5.64. The van der Waals surface area contributed by atoms with Crippen LogP contribution < -0.4 is 0 Å². The Labute approximate surface area is 129 Å². The summed E-state index contributed by atoms with van der Waals surface area (Å²) in [5.74, 6) is 1.70. The number of aliphatic imine (C=N–C) groups is 1. The Morgan fingerprint density at radius 2 is 1.82 bits per heavy atom. The lowest BCUT2D eigenvalue weighted by atomic mass is 10.0. The molecule has 0 radical (unpaired) electrons. The standard InChI is InChI=1S/C18H17NO3/c1-11(2)13-5-7-14(8-6-13)17-19-16(18(20)22-17)10-15-9-4-12(3)21-15/h4-11H,1-3H3/b16-10-. The van der Waals surface area contributed by atoms with Gasteiger partial charge in [0.15, 0.2) is 5.70 Å². The van der Waals surface area contributed by atoms with Crippen LogP contribution in [0.25, 0.3) is 6.08 Å². The Balaban J connectivity index is 1.87. The Bertz CT molecular complexity index is 764. The number of ether oxygens (including phenoxy) is 1. The zero-order valence-corrected chi connectivity index (χ0v) is 12.8. The smallest absolute Gasteiger partial charge is 0.363 e. The summed E-state index contributed by atoms with van der Waals surface area (Å²) >= 11 is 0. The molecular weight excluding hydrogens is 278 g/mol. The maximum atomic E-state index is 11.9. The van der Waals surface area contributed by atoms with Gasteiger partial charge < -0.3 is 9.15 Å². The maximum absolute atomic E-state index is 11.9. The lowest BCUT2D eigenvalue weighted by Crippen LogP contribution is -2.05. The molecule has 3 rings (SSSR count). The number of furan rings is 1. The van der Waals surface area contributed by atoms with Crippen LogP contribution in [0, 0.1) is 6.92 Å². The van der Waals surface area contributed by atoms with Gasteiger partial charge in [-0.1, -0.05) is 26.0 Å². The Morgan fingerprint density at radius 3 is 2.41 bits per heavy atom. The van der Waals surface area contributed by atoms with E-state index >= 15 is 0 Å². The number of benzene rings is 1. The van der Waals surface area contributed by atoms with E-state index in [0.717, 1.165) is 11.3 Å². The molecule has 4 nitrogen and oxygen atoms in total. The van der Waals surface area contributed by atoms with Crippen LogP contribution in [0.4, 0.5) is 0 Å². The molecule has 2 heterocycles. The van der Waals surface area contributed by atoms with E-state index in [1.165, 1.54) is 5.56 Å². The van der Waals surface area contributed by atoms with Crippen molar-refractivity contribution in [2.45, 2.75) is 26.7 Å². The van der Waals surface area contributed by atoms with Gasteiger partial charge >= 0.3 is 5.97 Å². The predicted molar refractivity (Wildman–Crippen MR) is 84.6 cm³/mol. The highest BCUT2D eigenvalue weighted by Gasteiger charge is 2.24. The number of cyclic esters (lactones) is 1. The molecular formula is C18H17NO3. The molecule has 0 saturated heterocycles. The Kier molecular flexibility index (Phi) is 3.67. The third kappa shape index (κ3) is 2.86. The molecule has 0 amide bonds. The van der Waals surface area contributed by atoms with Gasteiger partial charge in [-0.3, -0.25) is 0 Å². The summed E-state index contributed by atoms with van der Waals surface area (Å²) in [7, 11) is 0. The molecule has 4 heteroatoms. The highest BCUT2D eigenvalue weighted by Crippen LogP contribution is 2.21. The van der Waals surface area contributed by atoms with Gasteiger partial charge in [-0.05, 0) is 42.7 Å². The van der Waals surface area contributed by atoms with Crippen LogP contribution in [0.2, 0.25) is 0 Å². The van der Waals surface area contributed by atoms with Crippen LogP contribution >= 0.6 is 0 Å². The average molecular weight is 295 g/mol. The Hall–Kier alpha value is -2.62. The van der Waals surface area contributed by atoms with E-state index in [1.807, 2.05) is 37.3 Å². The molecule has 0 unspecified atom stereocenters. The van der Waals surface area contributed by atoms with Gasteiger partial charge in [-0.25, -0.2) is 9.79 Å². The molecule has 112 valence electrons. The van der Waals surface area contributed by atoms with Gasteiger partial charge in [-0.2, -0.15) is 0 Å². The van der Waals surface area contributed by atoms with E-state index in [4.69, 9.17) is 9.15 Å². The summed E-state index contributed by atoms with van der Waals surface area (Å²) in [6.45, 7) is 6.11. The number of carbonyl (C=O) groups is 1. The monoisotopic (exact) mass is 295 g/mol. The van der Waals surface area contributed by atoms with Crippen molar-refractivity contribution in [2.24, 2.45) is 4.99 Å². The minimum absolute atomic E-state index is 0.247. The number of hydrogen-bond acceptors (Lipinski definition) is 4. The van der Waals surface area contributed by atoms with Crippen molar-refractivity contribution in [1.82, 2.24) is 0 Å². The molecule has 0 bridgehead atoms. The topological polar surface area (TPSA) is 51.8 Å². The van der Waals surface area contributed by atoms with Crippen LogP contribution in [0.15, 0.2) is 51.5 Å². The second-order valence-electron chi connectivity index (χ2n) is 5.56. The van der Waals surface area contributed by atoms with Crippen LogP contribution in [0.1, 0.15) is 42.4 Å². The van der Waals surface area contributed by atoms with Crippen molar-refractivity contribution in [3.8, 4) is 0 Å². The minimum atomic E-state index is -0.461.